The van der Waals surface area contributed by atoms with Crippen molar-refractivity contribution in [1.82, 2.24) is 14.3 Å². The minimum absolute atomic E-state index is 0.00449. The fourth-order valence-corrected chi connectivity index (χ4v) is 6.71. The third-order valence-electron chi connectivity index (χ3n) is 5.26. The lowest BCUT2D eigenvalue weighted by molar-refractivity contribution is 0.250. The van der Waals surface area contributed by atoms with Crippen LogP contribution in [0.1, 0.15) is 36.6 Å². The van der Waals surface area contributed by atoms with Gasteiger partial charge in [-0.2, -0.15) is 0 Å². The van der Waals surface area contributed by atoms with Gasteiger partial charge >= 0.3 is 0 Å². The van der Waals surface area contributed by atoms with Crippen LogP contribution in [-0.2, 0) is 20.0 Å². The highest BCUT2D eigenvalue weighted by atomic mass is 32.2. The number of rotatable bonds is 9. The van der Waals surface area contributed by atoms with Crippen molar-refractivity contribution in [2.75, 3.05) is 19.6 Å². The van der Waals surface area contributed by atoms with E-state index in [4.69, 9.17) is 0 Å². The van der Waals surface area contributed by atoms with Crippen molar-refractivity contribution in [3.63, 3.8) is 0 Å². The average Bonchev–Trinajstić information content (AvgIpc) is 3.15. The maximum absolute atomic E-state index is 12.8. The predicted molar refractivity (Wildman–Crippen MR) is 113 cm³/mol. The van der Waals surface area contributed by atoms with E-state index in [0.29, 0.717) is 0 Å². The molecule has 1 aromatic heterocycles. The molecule has 1 aliphatic heterocycles. The van der Waals surface area contributed by atoms with Crippen molar-refractivity contribution in [2.24, 2.45) is 0 Å². The van der Waals surface area contributed by atoms with Crippen LogP contribution in [0.3, 0.4) is 0 Å². The molecule has 1 aromatic carbocycles. The largest absolute Gasteiger partial charge is 0.294 e. The van der Waals surface area contributed by atoms with Crippen LogP contribution in [-0.4, -0.2) is 47.4 Å². The quantitative estimate of drug-likeness (QED) is 0.605. The fraction of sp³-hybridized carbons (Fsp3) is 0.474. The topological polar surface area (TPSA) is 95.6 Å². The Morgan fingerprint density at radius 2 is 1.59 bits per heavy atom. The summed E-state index contributed by atoms with van der Waals surface area (Å²) in [6.07, 6.45) is 3.94. The molecule has 2 N–H and O–H groups in total. The molecule has 7 nitrogen and oxygen atoms in total. The van der Waals surface area contributed by atoms with Crippen LogP contribution in [0, 0.1) is 0 Å². The Kier molecular flexibility index (Phi) is 6.10. The highest BCUT2D eigenvalue weighted by molar-refractivity contribution is 7.90. The second kappa shape index (κ2) is 8.44. The van der Waals surface area contributed by atoms with Crippen molar-refractivity contribution in [3.8, 4) is 0 Å². The summed E-state index contributed by atoms with van der Waals surface area (Å²) in [5, 5.41) is 2.00. The van der Waals surface area contributed by atoms with Gasteiger partial charge in [0.05, 0.1) is 15.8 Å². The second-order valence-electron chi connectivity index (χ2n) is 7.49. The summed E-state index contributed by atoms with van der Waals surface area (Å²) in [6.45, 7) is 2.21. The zero-order valence-corrected chi connectivity index (χ0v) is 18.4. The number of likely N-dealkylation sites (tertiary alicyclic amines) is 1. The summed E-state index contributed by atoms with van der Waals surface area (Å²) < 4.78 is 55.4. The molecule has 0 spiro atoms. The summed E-state index contributed by atoms with van der Waals surface area (Å²) >= 11 is 1.63. The highest BCUT2D eigenvalue weighted by Gasteiger charge is 2.29. The standard InChI is InChI=1S/C19H25N3O4S3/c23-28(24,16-7-9-17(10-8-16)29(25,26)21-15-5-6-15)20-14-18(19-4-3-13-27-19)22-11-1-2-12-22/h3-4,7-10,13,15,18,20-21H,1-2,5-6,11-12,14H2. The molecule has 0 amide bonds. The molecular weight excluding hydrogens is 430 g/mol. The van der Waals surface area contributed by atoms with Gasteiger partial charge in [0, 0.05) is 17.5 Å². The van der Waals surface area contributed by atoms with Gasteiger partial charge in [0.2, 0.25) is 20.0 Å². The summed E-state index contributed by atoms with van der Waals surface area (Å²) in [5.41, 5.74) is 0. The van der Waals surface area contributed by atoms with E-state index >= 15 is 0 Å². The monoisotopic (exact) mass is 455 g/mol. The van der Waals surface area contributed by atoms with Gasteiger partial charge in [0.15, 0.2) is 0 Å². The number of benzene rings is 1. The van der Waals surface area contributed by atoms with Crippen molar-refractivity contribution in [1.29, 1.82) is 0 Å². The highest BCUT2D eigenvalue weighted by Crippen LogP contribution is 2.28. The van der Waals surface area contributed by atoms with E-state index in [1.807, 2.05) is 17.5 Å². The summed E-state index contributed by atoms with van der Waals surface area (Å²) in [6, 6.07) is 9.41. The predicted octanol–water partition coefficient (Wildman–Crippen LogP) is 2.30. The smallest absolute Gasteiger partial charge is 0.240 e. The zero-order valence-electron chi connectivity index (χ0n) is 16.0. The van der Waals surface area contributed by atoms with Crippen molar-refractivity contribution in [2.45, 2.75) is 47.6 Å². The molecule has 2 fully saturated rings. The number of sulfonamides is 2. The lowest BCUT2D eigenvalue weighted by Crippen LogP contribution is -2.36. The maximum Gasteiger partial charge on any atom is 0.240 e. The van der Waals surface area contributed by atoms with E-state index in [0.717, 1.165) is 43.6 Å². The average molecular weight is 456 g/mol. The van der Waals surface area contributed by atoms with E-state index < -0.39 is 20.0 Å². The van der Waals surface area contributed by atoms with Crippen LogP contribution >= 0.6 is 11.3 Å². The molecule has 2 aromatic rings. The van der Waals surface area contributed by atoms with Crippen LogP contribution in [0.25, 0.3) is 0 Å². The van der Waals surface area contributed by atoms with Crippen molar-refractivity contribution in [3.05, 3.63) is 46.7 Å². The molecule has 1 saturated carbocycles. The molecule has 10 heteroatoms. The van der Waals surface area contributed by atoms with Gasteiger partial charge in [0.25, 0.3) is 0 Å². The molecule has 29 heavy (non-hydrogen) atoms. The van der Waals surface area contributed by atoms with Gasteiger partial charge in [-0.05, 0) is 74.5 Å². The zero-order chi connectivity index (χ0) is 20.5. The molecule has 1 saturated heterocycles. The number of nitrogens with zero attached hydrogens (tertiary/aromatic N) is 1. The molecule has 0 bridgehead atoms. The first kappa shape index (κ1) is 21.0. The molecular formula is C19H25N3O4S3. The Morgan fingerprint density at radius 3 is 2.14 bits per heavy atom. The molecule has 0 radical (unpaired) electrons. The summed E-state index contributed by atoms with van der Waals surface area (Å²) in [5.74, 6) is 0. The van der Waals surface area contributed by atoms with E-state index in [-0.39, 0.29) is 28.4 Å². The Balaban J connectivity index is 1.46. The normalized spacial score (nSPS) is 19.4. The SMILES string of the molecule is O=S(=O)(NCC(c1cccs1)N1CCCC1)c1ccc(S(=O)(=O)NC2CC2)cc1. The van der Waals surface area contributed by atoms with Crippen LogP contribution in [0.15, 0.2) is 51.6 Å². The molecule has 4 rings (SSSR count). The molecule has 1 atom stereocenters. The van der Waals surface area contributed by atoms with Gasteiger partial charge in [0.1, 0.15) is 0 Å². The second-order valence-corrected chi connectivity index (χ2v) is 12.0. The maximum atomic E-state index is 12.8. The minimum atomic E-state index is -3.74. The van der Waals surface area contributed by atoms with Crippen LogP contribution in [0.4, 0.5) is 0 Å². The minimum Gasteiger partial charge on any atom is -0.294 e. The molecule has 1 unspecified atom stereocenters. The molecule has 2 heterocycles. The number of thiophene rings is 1. The number of nitrogens with one attached hydrogen (secondary N) is 2. The molecule has 1 aliphatic carbocycles. The van der Waals surface area contributed by atoms with Crippen molar-refractivity contribution >= 4 is 31.4 Å². The lowest BCUT2D eigenvalue weighted by atomic mass is 10.2. The molecule has 158 valence electrons. The number of hydrogen-bond donors (Lipinski definition) is 2. The first-order valence-corrected chi connectivity index (χ1v) is 13.6. The van der Waals surface area contributed by atoms with Gasteiger partial charge in [-0.25, -0.2) is 26.3 Å². The van der Waals surface area contributed by atoms with Gasteiger partial charge in [-0.15, -0.1) is 11.3 Å². The van der Waals surface area contributed by atoms with Crippen molar-refractivity contribution < 1.29 is 16.8 Å². The van der Waals surface area contributed by atoms with Crippen LogP contribution < -0.4 is 9.44 Å². The summed E-state index contributed by atoms with van der Waals surface area (Å²) in [7, 11) is -7.33. The lowest BCUT2D eigenvalue weighted by Gasteiger charge is -2.26. The third-order valence-corrected chi connectivity index (χ3v) is 9.21. The van der Waals surface area contributed by atoms with E-state index in [1.54, 1.807) is 11.3 Å². The first-order chi connectivity index (χ1) is 13.9. The Hall–Kier alpha value is -1.30. The van der Waals surface area contributed by atoms with Crippen LogP contribution in [0.2, 0.25) is 0 Å². The molecule has 2 aliphatic rings. The number of hydrogen-bond acceptors (Lipinski definition) is 6. The fourth-order valence-electron chi connectivity index (χ4n) is 3.50. The van der Waals surface area contributed by atoms with E-state index in [9.17, 15) is 16.8 Å². The van der Waals surface area contributed by atoms with Gasteiger partial charge in [-0.3, -0.25) is 4.90 Å². The van der Waals surface area contributed by atoms with Gasteiger partial charge < -0.3 is 0 Å². The van der Waals surface area contributed by atoms with E-state index in [1.165, 1.54) is 24.3 Å². The van der Waals surface area contributed by atoms with Gasteiger partial charge in [-0.1, -0.05) is 6.07 Å². The van der Waals surface area contributed by atoms with E-state index in [2.05, 4.69) is 14.3 Å². The summed E-state index contributed by atoms with van der Waals surface area (Å²) in [4.78, 5) is 3.60. The third kappa shape index (κ3) is 5.07. The Morgan fingerprint density at radius 1 is 0.966 bits per heavy atom. The Bertz CT molecular complexity index is 1020. The Labute approximate surface area is 176 Å². The first-order valence-electron chi connectivity index (χ1n) is 9.75. The van der Waals surface area contributed by atoms with Crippen LogP contribution in [0.5, 0.6) is 0 Å².